The third kappa shape index (κ3) is 2.52. The zero-order chi connectivity index (χ0) is 21.7. The Balaban J connectivity index is 0.000000128. The van der Waals surface area contributed by atoms with E-state index in [1.54, 1.807) is 11.1 Å². The molecule has 0 N–H and O–H groups in total. The summed E-state index contributed by atoms with van der Waals surface area (Å²) in [5, 5.41) is 0. The Hall–Kier alpha value is -0.520. The van der Waals surface area contributed by atoms with Crippen LogP contribution in [-0.4, -0.2) is 0 Å². The highest BCUT2D eigenvalue weighted by Gasteiger charge is 2.64. The van der Waals surface area contributed by atoms with Crippen molar-refractivity contribution in [1.29, 1.82) is 0 Å². The Labute approximate surface area is 187 Å². The monoisotopic (exact) mass is 408 g/mol. The number of hydrogen-bond acceptors (Lipinski definition) is 0. The smallest absolute Gasteiger partial charge is 0.0146 e. The number of fused-ring (bicyclic) bond motifs is 2. The molecule has 2 spiro atoms. The van der Waals surface area contributed by atoms with Gasteiger partial charge in [0.15, 0.2) is 0 Å². The fourth-order valence-electron chi connectivity index (χ4n) is 10.8. The third-order valence-electron chi connectivity index (χ3n) is 12.6. The van der Waals surface area contributed by atoms with Crippen molar-refractivity contribution in [3.05, 3.63) is 23.8 Å². The Morgan fingerprint density at radius 1 is 0.800 bits per heavy atom. The summed E-state index contributed by atoms with van der Waals surface area (Å²) in [5.41, 5.74) is 5.78. The van der Waals surface area contributed by atoms with E-state index in [2.05, 4.69) is 61.1 Å². The Bertz CT molecular complexity index is 763. The Morgan fingerprint density at radius 2 is 1.33 bits per heavy atom. The second-order valence-corrected chi connectivity index (χ2v) is 14.0. The molecule has 0 heteroatoms. The molecule has 0 aromatic carbocycles. The lowest BCUT2D eigenvalue weighted by atomic mass is 9.67. The molecule has 5 fully saturated rings. The van der Waals surface area contributed by atoms with Gasteiger partial charge in [0.1, 0.15) is 0 Å². The summed E-state index contributed by atoms with van der Waals surface area (Å²) in [4.78, 5) is 0. The van der Waals surface area contributed by atoms with Crippen LogP contribution in [0.15, 0.2) is 23.8 Å². The van der Waals surface area contributed by atoms with Gasteiger partial charge in [0, 0.05) is 0 Å². The van der Waals surface area contributed by atoms with Crippen molar-refractivity contribution in [3.63, 3.8) is 0 Å². The molecule has 0 nitrogen and oxygen atoms in total. The number of rotatable bonds is 0. The molecule has 0 aliphatic heterocycles. The summed E-state index contributed by atoms with van der Waals surface area (Å²) < 4.78 is 0. The average Bonchev–Trinajstić information content (AvgIpc) is 3.29. The molecule has 0 heterocycles. The zero-order valence-corrected chi connectivity index (χ0v) is 21.1. The largest absolute Gasteiger partial charge is 0.0996 e. The predicted octanol–water partition coefficient (Wildman–Crippen LogP) is 8.83. The average molecular weight is 409 g/mol. The van der Waals surface area contributed by atoms with Crippen molar-refractivity contribution in [2.75, 3.05) is 0 Å². The van der Waals surface area contributed by atoms with E-state index in [4.69, 9.17) is 0 Å². The molecule has 4 bridgehead atoms. The van der Waals surface area contributed by atoms with Crippen molar-refractivity contribution in [2.24, 2.45) is 57.2 Å². The molecule has 6 aliphatic rings. The minimum Gasteiger partial charge on any atom is -0.0996 e. The maximum absolute atomic E-state index is 4.34. The van der Waals surface area contributed by atoms with Crippen LogP contribution < -0.4 is 0 Å². The van der Waals surface area contributed by atoms with Crippen molar-refractivity contribution >= 4 is 0 Å². The Kier molecular flexibility index (Phi) is 4.63. The van der Waals surface area contributed by atoms with E-state index in [1.165, 1.54) is 57.8 Å². The molecular formula is C30H48. The van der Waals surface area contributed by atoms with Gasteiger partial charge in [-0.05, 0) is 122 Å². The van der Waals surface area contributed by atoms with Crippen LogP contribution in [0.25, 0.3) is 0 Å². The van der Waals surface area contributed by atoms with Gasteiger partial charge in [0.2, 0.25) is 0 Å². The number of allylic oxidation sites excluding steroid dienone is 3. The van der Waals surface area contributed by atoms with Gasteiger partial charge in [0.25, 0.3) is 0 Å². The van der Waals surface area contributed by atoms with Gasteiger partial charge in [-0.1, -0.05) is 65.3 Å². The van der Waals surface area contributed by atoms with E-state index in [-0.39, 0.29) is 0 Å². The van der Waals surface area contributed by atoms with E-state index in [0.717, 1.165) is 40.9 Å². The summed E-state index contributed by atoms with van der Waals surface area (Å²) in [6.45, 7) is 21.8. The first-order valence-corrected chi connectivity index (χ1v) is 13.3. The molecule has 0 amide bonds. The Morgan fingerprint density at radius 3 is 2.00 bits per heavy atom. The molecule has 0 radical (unpaired) electrons. The predicted molar refractivity (Wildman–Crippen MR) is 129 cm³/mol. The summed E-state index contributed by atoms with van der Waals surface area (Å²) in [6.07, 6.45) is 15.6. The van der Waals surface area contributed by atoms with Crippen LogP contribution in [0.4, 0.5) is 0 Å². The fraction of sp³-hybridized carbons (Fsp3) is 0.867. The minimum atomic E-state index is 0.540. The summed E-state index contributed by atoms with van der Waals surface area (Å²) in [7, 11) is 0. The van der Waals surface area contributed by atoms with Gasteiger partial charge in [-0.25, -0.2) is 0 Å². The van der Waals surface area contributed by atoms with Crippen LogP contribution in [0.5, 0.6) is 0 Å². The summed E-state index contributed by atoms with van der Waals surface area (Å²) in [5.74, 6) is 5.65. The first-order chi connectivity index (χ1) is 14.0. The van der Waals surface area contributed by atoms with Crippen LogP contribution in [0.2, 0.25) is 0 Å². The summed E-state index contributed by atoms with van der Waals surface area (Å²) >= 11 is 0. The van der Waals surface area contributed by atoms with Crippen LogP contribution in [-0.2, 0) is 0 Å². The van der Waals surface area contributed by atoms with Gasteiger partial charge in [0.05, 0.1) is 0 Å². The molecule has 8 atom stereocenters. The van der Waals surface area contributed by atoms with E-state index in [0.29, 0.717) is 16.2 Å². The first kappa shape index (κ1) is 21.3. The first-order valence-electron chi connectivity index (χ1n) is 13.3. The maximum atomic E-state index is 4.34. The molecule has 0 saturated heterocycles. The number of hydrogen-bond donors (Lipinski definition) is 0. The molecule has 6 aliphatic carbocycles. The quantitative estimate of drug-likeness (QED) is 0.351. The van der Waals surface area contributed by atoms with Gasteiger partial charge < -0.3 is 0 Å². The SMILES string of the molecule is C=C1CC[C@]23CC1C(C)(C)[C@H]2CC[C@H]3C.CC1=CCC23CC1C(C)(C)C2CCC3C. The highest BCUT2D eigenvalue weighted by molar-refractivity contribution is 5.25. The maximum Gasteiger partial charge on any atom is -0.0146 e. The summed E-state index contributed by atoms with van der Waals surface area (Å²) in [6, 6.07) is 0. The van der Waals surface area contributed by atoms with E-state index in [1.807, 2.05) is 0 Å². The second kappa shape index (κ2) is 6.51. The van der Waals surface area contributed by atoms with Crippen molar-refractivity contribution in [3.8, 4) is 0 Å². The van der Waals surface area contributed by atoms with E-state index >= 15 is 0 Å². The van der Waals surface area contributed by atoms with Crippen LogP contribution in [0.1, 0.15) is 106 Å². The van der Waals surface area contributed by atoms with Crippen molar-refractivity contribution < 1.29 is 0 Å². The molecule has 6 rings (SSSR count). The highest BCUT2D eigenvalue weighted by Crippen LogP contribution is 2.72. The van der Waals surface area contributed by atoms with Gasteiger partial charge in [-0.15, -0.1) is 0 Å². The van der Waals surface area contributed by atoms with E-state index in [9.17, 15) is 0 Å². The standard InChI is InChI=1S/2C15H24/c2*1-10-7-8-15-9-12(10)14(3,4)13(15)6-5-11(15)2/h7,11-13H,5-6,8-9H2,1-4H3;11-13H,1,5-9H2,2-4H3/t;11-,12?,13-,15-/m.1/s1. The molecular weight excluding hydrogens is 360 g/mol. The second-order valence-electron chi connectivity index (χ2n) is 14.0. The molecule has 168 valence electrons. The molecule has 0 aromatic rings. The lowest BCUT2D eigenvalue weighted by Gasteiger charge is -2.38. The third-order valence-corrected chi connectivity index (χ3v) is 12.6. The topological polar surface area (TPSA) is 0 Å². The van der Waals surface area contributed by atoms with Crippen LogP contribution >= 0.6 is 0 Å². The van der Waals surface area contributed by atoms with Crippen molar-refractivity contribution in [1.82, 2.24) is 0 Å². The molecule has 30 heavy (non-hydrogen) atoms. The van der Waals surface area contributed by atoms with Crippen LogP contribution in [0.3, 0.4) is 0 Å². The van der Waals surface area contributed by atoms with Crippen LogP contribution in [0, 0.1) is 57.2 Å². The molecule has 5 unspecified atom stereocenters. The highest BCUT2D eigenvalue weighted by atomic mass is 14.7. The van der Waals surface area contributed by atoms with Crippen molar-refractivity contribution in [2.45, 2.75) is 106 Å². The minimum absolute atomic E-state index is 0.540. The van der Waals surface area contributed by atoms with E-state index < -0.39 is 0 Å². The van der Waals surface area contributed by atoms with Gasteiger partial charge >= 0.3 is 0 Å². The lowest BCUT2D eigenvalue weighted by molar-refractivity contribution is 0.118. The lowest BCUT2D eigenvalue weighted by Crippen LogP contribution is -2.30. The normalized spacial score (nSPS) is 51.7. The molecule has 0 aromatic heterocycles. The van der Waals surface area contributed by atoms with Gasteiger partial charge in [-0.2, -0.15) is 0 Å². The zero-order valence-electron chi connectivity index (χ0n) is 21.1. The van der Waals surface area contributed by atoms with Gasteiger partial charge in [-0.3, -0.25) is 0 Å². The fourth-order valence-corrected chi connectivity index (χ4v) is 10.8. The molecule has 5 saturated carbocycles.